The number of nitrogen functional groups attached to an aromatic ring is 1. The van der Waals surface area contributed by atoms with Crippen LogP contribution < -0.4 is 10.6 Å². The van der Waals surface area contributed by atoms with E-state index in [1.807, 2.05) is 25.1 Å². The maximum Gasteiger partial charge on any atom is 0.0727 e. The smallest absolute Gasteiger partial charge is 0.0727 e. The van der Waals surface area contributed by atoms with Gasteiger partial charge in [0.2, 0.25) is 0 Å². The van der Waals surface area contributed by atoms with Gasteiger partial charge < -0.3 is 10.6 Å². The summed E-state index contributed by atoms with van der Waals surface area (Å²) in [6.07, 6.45) is 1.08. The minimum Gasteiger partial charge on any atom is -0.399 e. The highest BCUT2D eigenvalue weighted by atomic mass is 15.2. The molecule has 0 atom stereocenters. The normalized spacial score (nSPS) is 11.8. The van der Waals surface area contributed by atoms with E-state index in [-0.39, 0.29) is 5.54 Å². The molecule has 0 amide bonds. The molecule has 0 radical (unpaired) electrons. The monoisotopic (exact) mass is 257 g/mol. The van der Waals surface area contributed by atoms with Crippen LogP contribution in [0.25, 0.3) is 10.9 Å². The van der Waals surface area contributed by atoms with Crippen molar-refractivity contribution in [1.82, 2.24) is 4.98 Å². The average molecular weight is 257 g/mol. The largest absolute Gasteiger partial charge is 0.399 e. The Morgan fingerprint density at radius 1 is 1.26 bits per heavy atom. The van der Waals surface area contributed by atoms with Crippen molar-refractivity contribution < 1.29 is 0 Å². The van der Waals surface area contributed by atoms with Crippen molar-refractivity contribution in [1.29, 1.82) is 0 Å². The molecule has 0 saturated carbocycles. The number of aromatic nitrogens is 1. The second-order valence-corrected chi connectivity index (χ2v) is 5.78. The summed E-state index contributed by atoms with van der Waals surface area (Å²) in [5.74, 6) is 0. The summed E-state index contributed by atoms with van der Waals surface area (Å²) in [6, 6.07) is 8.05. The van der Waals surface area contributed by atoms with Gasteiger partial charge in [0, 0.05) is 35.0 Å². The Balaban J connectivity index is 2.68. The molecule has 0 aliphatic rings. The van der Waals surface area contributed by atoms with Crippen LogP contribution in [0.1, 0.15) is 32.9 Å². The van der Waals surface area contributed by atoms with Crippen molar-refractivity contribution in [3.8, 4) is 0 Å². The third kappa shape index (κ3) is 2.50. The molecular weight excluding hydrogens is 234 g/mol. The molecule has 2 aromatic rings. The summed E-state index contributed by atoms with van der Waals surface area (Å²) in [6.45, 7) is 8.75. The number of aryl methyl sites for hydroxylation is 1. The maximum absolute atomic E-state index is 5.93. The lowest BCUT2D eigenvalue weighted by molar-refractivity contribution is 0.471. The van der Waals surface area contributed by atoms with E-state index in [0.717, 1.165) is 28.7 Å². The van der Waals surface area contributed by atoms with Crippen LogP contribution in [0.2, 0.25) is 0 Å². The van der Waals surface area contributed by atoms with E-state index in [0.29, 0.717) is 0 Å². The fourth-order valence-corrected chi connectivity index (χ4v) is 2.19. The molecule has 0 saturated heterocycles. The zero-order valence-corrected chi connectivity index (χ0v) is 12.5. The third-order valence-corrected chi connectivity index (χ3v) is 4.07. The molecule has 2 N–H and O–H groups in total. The van der Waals surface area contributed by atoms with E-state index in [1.165, 1.54) is 5.69 Å². The summed E-state index contributed by atoms with van der Waals surface area (Å²) >= 11 is 0. The van der Waals surface area contributed by atoms with E-state index >= 15 is 0 Å². The molecule has 3 heteroatoms. The van der Waals surface area contributed by atoms with Crippen LogP contribution in [0.15, 0.2) is 24.3 Å². The van der Waals surface area contributed by atoms with Gasteiger partial charge in [-0.05, 0) is 51.5 Å². The van der Waals surface area contributed by atoms with Crippen LogP contribution in [0, 0.1) is 6.92 Å². The van der Waals surface area contributed by atoms with E-state index in [1.54, 1.807) is 0 Å². The van der Waals surface area contributed by atoms with Gasteiger partial charge in [0.05, 0.1) is 5.52 Å². The summed E-state index contributed by atoms with van der Waals surface area (Å²) < 4.78 is 0. The standard InChI is InChI=1S/C16H23N3/c1-6-16(3,4)19(5)15-9-11(2)18-14-8-7-12(17)10-13(14)15/h7-10H,6,17H2,1-5H3. The van der Waals surface area contributed by atoms with Crippen molar-refractivity contribution in [2.45, 2.75) is 39.7 Å². The van der Waals surface area contributed by atoms with Gasteiger partial charge in [-0.2, -0.15) is 0 Å². The van der Waals surface area contributed by atoms with Crippen molar-refractivity contribution in [2.24, 2.45) is 0 Å². The first-order valence-electron chi connectivity index (χ1n) is 6.76. The number of benzene rings is 1. The SMILES string of the molecule is CCC(C)(C)N(C)c1cc(C)nc2ccc(N)cc12. The number of rotatable bonds is 3. The van der Waals surface area contributed by atoms with Gasteiger partial charge in [-0.3, -0.25) is 4.98 Å². The van der Waals surface area contributed by atoms with Crippen LogP contribution in [0.5, 0.6) is 0 Å². The zero-order valence-electron chi connectivity index (χ0n) is 12.5. The number of anilines is 2. The van der Waals surface area contributed by atoms with E-state index in [9.17, 15) is 0 Å². The van der Waals surface area contributed by atoms with Crippen LogP contribution in [0.3, 0.4) is 0 Å². The van der Waals surface area contributed by atoms with Crippen molar-refractivity contribution in [3.63, 3.8) is 0 Å². The van der Waals surface area contributed by atoms with Gasteiger partial charge in [-0.1, -0.05) is 6.92 Å². The average Bonchev–Trinajstić information content (AvgIpc) is 2.37. The first-order chi connectivity index (χ1) is 8.85. The van der Waals surface area contributed by atoms with E-state index < -0.39 is 0 Å². The first-order valence-corrected chi connectivity index (χ1v) is 6.76. The summed E-state index contributed by atoms with van der Waals surface area (Å²) in [5.41, 5.74) is 10.0. The second-order valence-electron chi connectivity index (χ2n) is 5.78. The lowest BCUT2D eigenvalue weighted by Crippen LogP contribution is -2.40. The molecule has 2 rings (SSSR count). The topological polar surface area (TPSA) is 42.2 Å². The number of hydrogen-bond acceptors (Lipinski definition) is 3. The highest BCUT2D eigenvalue weighted by molar-refractivity contribution is 5.94. The Labute approximate surface area is 115 Å². The van der Waals surface area contributed by atoms with Crippen LogP contribution >= 0.6 is 0 Å². The number of nitrogens with zero attached hydrogens (tertiary/aromatic N) is 2. The predicted octanol–water partition coefficient (Wildman–Crippen LogP) is 3.75. The lowest BCUT2D eigenvalue weighted by Gasteiger charge is -2.37. The molecule has 0 unspecified atom stereocenters. The molecule has 3 nitrogen and oxygen atoms in total. The Morgan fingerprint density at radius 3 is 2.58 bits per heavy atom. The molecule has 0 aliphatic heterocycles. The number of pyridine rings is 1. The van der Waals surface area contributed by atoms with Gasteiger partial charge >= 0.3 is 0 Å². The highest BCUT2D eigenvalue weighted by Crippen LogP contribution is 2.32. The van der Waals surface area contributed by atoms with Crippen LogP contribution in [0.4, 0.5) is 11.4 Å². The van der Waals surface area contributed by atoms with E-state index in [4.69, 9.17) is 5.73 Å². The summed E-state index contributed by atoms with van der Waals surface area (Å²) in [4.78, 5) is 6.91. The van der Waals surface area contributed by atoms with Crippen LogP contribution in [-0.4, -0.2) is 17.6 Å². The van der Waals surface area contributed by atoms with Gasteiger partial charge in [0.15, 0.2) is 0 Å². The minimum atomic E-state index is 0.103. The quantitative estimate of drug-likeness (QED) is 0.851. The first kappa shape index (κ1) is 13.7. The third-order valence-electron chi connectivity index (χ3n) is 4.07. The van der Waals surface area contributed by atoms with Crippen molar-refractivity contribution in [2.75, 3.05) is 17.7 Å². The second kappa shape index (κ2) is 4.72. The minimum absolute atomic E-state index is 0.103. The summed E-state index contributed by atoms with van der Waals surface area (Å²) in [7, 11) is 2.14. The molecule has 1 heterocycles. The maximum atomic E-state index is 5.93. The molecule has 0 bridgehead atoms. The summed E-state index contributed by atoms with van der Waals surface area (Å²) in [5, 5.41) is 1.12. The van der Waals surface area contributed by atoms with Crippen molar-refractivity contribution >= 4 is 22.3 Å². The van der Waals surface area contributed by atoms with Gasteiger partial charge in [-0.15, -0.1) is 0 Å². The van der Waals surface area contributed by atoms with Gasteiger partial charge in [0.25, 0.3) is 0 Å². The molecule has 0 spiro atoms. The van der Waals surface area contributed by atoms with Gasteiger partial charge in [-0.25, -0.2) is 0 Å². The Morgan fingerprint density at radius 2 is 1.95 bits per heavy atom. The number of nitrogens with two attached hydrogens (primary N) is 1. The van der Waals surface area contributed by atoms with Crippen molar-refractivity contribution in [3.05, 3.63) is 30.0 Å². The molecular formula is C16H23N3. The number of fused-ring (bicyclic) bond motifs is 1. The molecule has 102 valence electrons. The Kier molecular flexibility index (Phi) is 3.40. The molecule has 1 aromatic carbocycles. The molecule has 19 heavy (non-hydrogen) atoms. The van der Waals surface area contributed by atoms with Crippen LogP contribution in [-0.2, 0) is 0 Å². The molecule has 0 aliphatic carbocycles. The van der Waals surface area contributed by atoms with Gasteiger partial charge in [0.1, 0.15) is 0 Å². The molecule has 0 fully saturated rings. The fraction of sp³-hybridized carbons (Fsp3) is 0.438. The Bertz CT molecular complexity index is 602. The highest BCUT2D eigenvalue weighted by Gasteiger charge is 2.23. The van der Waals surface area contributed by atoms with E-state index in [2.05, 4.69) is 43.8 Å². The fourth-order valence-electron chi connectivity index (χ4n) is 2.19. The molecule has 1 aromatic heterocycles. The Hall–Kier alpha value is -1.77. The zero-order chi connectivity index (χ0) is 14.2. The predicted molar refractivity (Wildman–Crippen MR) is 83.7 cm³/mol. The number of hydrogen-bond donors (Lipinski definition) is 1. The lowest BCUT2D eigenvalue weighted by atomic mass is 9.98.